The molecule has 0 radical (unpaired) electrons. The zero-order valence-electron chi connectivity index (χ0n) is 12.8. The highest BCUT2D eigenvalue weighted by Gasteiger charge is 2.31. The number of hydrogen-bond donors (Lipinski definition) is 1. The van der Waals surface area contributed by atoms with Gasteiger partial charge >= 0.3 is 5.97 Å². The quantitative estimate of drug-likeness (QED) is 0.895. The van der Waals surface area contributed by atoms with E-state index in [1.54, 1.807) is 12.1 Å². The summed E-state index contributed by atoms with van der Waals surface area (Å²) in [6.45, 7) is 6.64. The van der Waals surface area contributed by atoms with E-state index in [1.165, 1.54) is 12.8 Å². The molecule has 1 fully saturated rings. The third kappa shape index (κ3) is 2.67. The van der Waals surface area contributed by atoms with Gasteiger partial charge in [-0.3, -0.25) is 0 Å². The smallest absolute Gasteiger partial charge is 0.335 e. The summed E-state index contributed by atoms with van der Waals surface area (Å²) in [7, 11) is 0. The summed E-state index contributed by atoms with van der Waals surface area (Å²) in [5, 5.41) is 9.22. The monoisotopic (exact) mass is 286 g/mol. The minimum Gasteiger partial charge on any atom is -0.478 e. The predicted molar refractivity (Wildman–Crippen MR) is 82.8 cm³/mol. The SMILES string of the molecule is CC(C)CC(C)n1c(C2CC2)nc2ccc(C(=O)O)cc21. The maximum Gasteiger partial charge on any atom is 0.335 e. The molecule has 1 saturated carbocycles. The van der Waals surface area contributed by atoms with E-state index in [0.29, 0.717) is 23.4 Å². The van der Waals surface area contributed by atoms with Crippen LogP contribution in [0.1, 0.15) is 68.2 Å². The van der Waals surface area contributed by atoms with Gasteiger partial charge in [-0.2, -0.15) is 0 Å². The fraction of sp³-hybridized carbons (Fsp3) is 0.529. The fourth-order valence-electron chi connectivity index (χ4n) is 3.13. The van der Waals surface area contributed by atoms with Crippen molar-refractivity contribution in [2.45, 2.75) is 52.0 Å². The first-order valence-electron chi connectivity index (χ1n) is 7.72. The summed E-state index contributed by atoms with van der Waals surface area (Å²) in [6, 6.07) is 5.59. The molecule has 1 heterocycles. The third-order valence-corrected chi connectivity index (χ3v) is 4.16. The van der Waals surface area contributed by atoms with E-state index in [0.717, 1.165) is 23.3 Å². The lowest BCUT2D eigenvalue weighted by molar-refractivity contribution is 0.0697. The standard InChI is InChI=1S/C17H22N2O2/c1-10(2)8-11(3)19-15-9-13(17(20)21)6-7-14(15)18-16(19)12-4-5-12/h6-7,9-12H,4-5,8H2,1-3H3,(H,20,21). The van der Waals surface area contributed by atoms with Crippen molar-refractivity contribution in [2.24, 2.45) is 5.92 Å². The normalized spacial score (nSPS) is 16.6. The van der Waals surface area contributed by atoms with Gasteiger partial charge in [-0.05, 0) is 50.3 Å². The van der Waals surface area contributed by atoms with Gasteiger partial charge in [0.2, 0.25) is 0 Å². The average Bonchev–Trinajstić information content (AvgIpc) is 3.17. The van der Waals surface area contributed by atoms with Crippen molar-refractivity contribution < 1.29 is 9.90 Å². The molecule has 1 aromatic carbocycles. The summed E-state index contributed by atoms with van der Waals surface area (Å²) >= 11 is 0. The zero-order chi connectivity index (χ0) is 15.1. The Morgan fingerprint density at radius 2 is 2.10 bits per heavy atom. The second kappa shape index (κ2) is 5.17. The molecule has 0 bridgehead atoms. The summed E-state index contributed by atoms with van der Waals surface area (Å²) in [5.74, 6) is 1.42. The molecule has 1 N–H and O–H groups in total. The number of imidazole rings is 1. The van der Waals surface area contributed by atoms with Gasteiger partial charge in [0, 0.05) is 12.0 Å². The minimum absolute atomic E-state index is 0.336. The van der Waals surface area contributed by atoms with Crippen molar-refractivity contribution >= 4 is 17.0 Å². The van der Waals surface area contributed by atoms with Crippen molar-refractivity contribution in [3.05, 3.63) is 29.6 Å². The van der Waals surface area contributed by atoms with E-state index in [2.05, 4.69) is 25.3 Å². The molecule has 1 atom stereocenters. The maximum absolute atomic E-state index is 11.2. The first kappa shape index (κ1) is 14.1. The molecule has 0 aliphatic heterocycles. The first-order chi connectivity index (χ1) is 9.97. The number of hydrogen-bond acceptors (Lipinski definition) is 2. The van der Waals surface area contributed by atoms with Crippen LogP contribution in [0.3, 0.4) is 0 Å². The molecule has 0 spiro atoms. The number of carboxylic acid groups (broad SMARTS) is 1. The summed E-state index contributed by atoms with van der Waals surface area (Å²) < 4.78 is 2.28. The van der Waals surface area contributed by atoms with E-state index >= 15 is 0 Å². The van der Waals surface area contributed by atoms with Crippen molar-refractivity contribution in [1.29, 1.82) is 0 Å². The molecule has 4 nitrogen and oxygen atoms in total. The second-order valence-corrected chi connectivity index (χ2v) is 6.60. The maximum atomic E-state index is 11.2. The lowest BCUT2D eigenvalue weighted by Crippen LogP contribution is -2.11. The number of carboxylic acids is 1. The van der Waals surface area contributed by atoms with Crippen molar-refractivity contribution in [1.82, 2.24) is 9.55 Å². The molecule has 112 valence electrons. The lowest BCUT2D eigenvalue weighted by Gasteiger charge is -2.19. The van der Waals surface area contributed by atoms with Crippen LogP contribution in [0, 0.1) is 5.92 Å². The number of benzene rings is 1. The Bertz CT molecular complexity index is 683. The molecular formula is C17H22N2O2. The number of aromatic nitrogens is 2. The van der Waals surface area contributed by atoms with Crippen LogP contribution >= 0.6 is 0 Å². The third-order valence-electron chi connectivity index (χ3n) is 4.16. The first-order valence-corrected chi connectivity index (χ1v) is 7.72. The van der Waals surface area contributed by atoms with E-state index in [9.17, 15) is 9.90 Å². The number of rotatable bonds is 5. The molecule has 0 saturated heterocycles. The number of aromatic carboxylic acids is 1. The van der Waals surface area contributed by atoms with E-state index in [4.69, 9.17) is 4.98 Å². The van der Waals surface area contributed by atoms with Crippen LogP contribution in [0.2, 0.25) is 0 Å². The minimum atomic E-state index is -0.880. The Morgan fingerprint density at radius 1 is 1.38 bits per heavy atom. The Hall–Kier alpha value is -1.84. The molecule has 0 amide bonds. The van der Waals surface area contributed by atoms with Gasteiger partial charge in [0.05, 0.1) is 16.6 Å². The van der Waals surface area contributed by atoms with Crippen LogP contribution in [-0.2, 0) is 0 Å². The molecule has 3 rings (SSSR count). The predicted octanol–water partition coefficient (Wildman–Crippen LogP) is 4.22. The van der Waals surface area contributed by atoms with E-state index < -0.39 is 5.97 Å². The van der Waals surface area contributed by atoms with E-state index in [-0.39, 0.29) is 0 Å². The van der Waals surface area contributed by atoms with E-state index in [1.807, 2.05) is 6.07 Å². The molecular weight excluding hydrogens is 264 g/mol. The molecule has 2 aromatic rings. The molecule has 21 heavy (non-hydrogen) atoms. The Balaban J connectivity index is 2.14. The van der Waals surface area contributed by atoms with Gasteiger partial charge in [0.25, 0.3) is 0 Å². The molecule has 1 unspecified atom stereocenters. The average molecular weight is 286 g/mol. The van der Waals surface area contributed by atoms with Crippen molar-refractivity contribution in [3.63, 3.8) is 0 Å². The van der Waals surface area contributed by atoms with Crippen LogP contribution in [-0.4, -0.2) is 20.6 Å². The van der Waals surface area contributed by atoms with Crippen LogP contribution in [0.15, 0.2) is 18.2 Å². The van der Waals surface area contributed by atoms with Gasteiger partial charge in [0.1, 0.15) is 5.82 Å². The van der Waals surface area contributed by atoms with Crippen LogP contribution in [0.25, 0.3) is 11.0 Å². The van der Waals surface area contributed by atoms with Crippen LogP contribution in [0.5, 0.6) is 0 Å². The van der Waals surface area contributed by atoms with Crippen LogP contribution < -0.4 is 0 Å². The molecule has 4 heteroatoms. The van der Waals surface area contributed by atoms with Crippen molar-refractivity contribution in [3.8, 4) is 0 Å². The van der Waals surface area contributed by atoms with Crippen molar-refractivity contribution in [2.75, 3.05) is 0 Å². The number of nitrogens with zero attached hydrogens (tertiary/aromatic N) is 2. The van der Waals surface area contributed by atoms with Crippen LogP contribution in [0.4, 0.5) is 0 Å². The molecule has 1 aromatic heterocycles. The Labute approximate surface area is 124 Å². The van der Waals surface area contributed by atoms with Gasteiger partial charge < -0.3 is 9.67 Å². The van der Waals surface area contributed by atoms with Gasteiger partial charge in [0.15, 0.2) is 0 Å². The number of fused-ring (bicyclic) bond motifs is 1. The largest absolute Gasteiger partial charge is 0.478 e. The van der Waals surface area contributed by atoms with Gasteiger partial charge in [-0.25, -0.2) is 9.78 Å². The summed E-state index contributed by atoms with van der Waals surface area (Å²) in [5.41, 5.74) is 2.21. The highest BCUT2D eigenvalue weighted by Crippen LogP contribution is 2.42. The zero-order valence-corrected chi connectivity index (χ0v) is 12.8. The summed E-state index contributed by atoms with van der Waals surface area (Å²) in [4.78, 5) is 16.0. The molecule has 1 aliphatic rings. The molecule has 1 aliphatic carbocycles. The Morgan fingerprint density at radius 3 is 2.67 bits per heavy atom. The lowest BCUT2D eigenvalue weighted by atomic mass is 10.0. The topological polar surface area (TPSA) is 55.1 Å². The Kier molecular flexibility index (Phi) is 3.47. The fourth-order valence-corrected chi connectivity index (χ4v) is 3.13. The van der Waals surface area contributed by atoms with Gasteiger partial charge in [-0.1, -0.05) is 13.8 Å². The van der Waals surface area contributed by atoms with Gasteiger partial charge in [-0.15, -0.1) is 0 Å². The highest BCUT2D eigenvalue weighted by atomic mass is 16.4. The summed E-state index contributed by atoms with van der Waals surface area (Å²) in [6.07, 6.45) is 3.47. The number of carbonyl (C=O) groups is 1. The highest BCUT2D eigenvalue weighted by molar-refractivity contribution is 5.92. The second-order valence-electron chi connectivity index (χ2n) is 6.60.